The molecule has 0 aliphatic heterocycles. The second-order valence-corrected chi connectivity index (χ2v) is 5.43. The molecule has 1 heterocycles. The summed E-state index contributed by atoms with van der Waals surface area (Å²) in [5.74, 6) is -0.984. The molecule has 0 radical (unpaired) electrons. The van der Waals surface area contributed by atoms with Crippen molar-refractivity contribution in [3.63, 3.8) is 0 Å². The Morgan fingerprint density at radius 1 is 1.22 bits per heavy atom. The third kappa shape index (κ3) is 4.30. The first-order valence-electron chi connectivity index (χ1n) is 6.43. The van der Waals surface area contributed by atoms with Crippen molar-refractivity contribution in [3.05, 3.63) is 56.4 Å². The lowest BCUT2D eigenvalue weighted by molar-refractivity contribution is -0.116. The van der Waals surface area contributed by atoms with Crippen molar-refractivity contribution in [2.45, 2.75) is 0 Å². The van der Waals surface area contributed by atoms with E-state index in [-0.39, 0.29) is 17.9 Å². The van der Waals surface area contributed by atoms with Crippen LogP contribution in [-0.2, 0) is 4.79 Å². The molecular formula is C14H12Cl2N4O3. The zero-order chi connectivity index (χ0) is 17.0. The number of H-pyrrole nitrogens is 1. The number of carbonyl (C=O) groups excluding carboxylic acids is 2. The fourth-order valence-corrected chi connectivity index (χ4v) is 2.23. The predicted molar refractivity (Wildman–Crippen MR) is 86.9 cm³/mol. The van der Waals surface area contributed by atoms with Crippen LogP contribution in [0.3, 0.4) is 0 Å². The Morgan fingerprint density at radius 2 is 1.87 bits per heavy atom. The number of hydrogen-bond acceptors (Lipinski definition) is 4. The normalized spacial score (nSPS) is 10.2. The van der Waals surface area contributed by atoms with E-state index in [0.717, 1.165) is 4.90 Å². The molecule has 1 aromatic carbocycles. The number of likely N-dealkylation sites (N-methyl/N-ethyl adjacent to an activating group) is 1. The van der Waals surface area contributed by atoms with Crippen LogP contribution >= 0.6 is 23.2 Å². The van der Waals surface area contributed by atoms with Crippen LogP contribution in [0.1, 0.15) is 10.5 Å². The maximum Gasteiger partial charge on any atom is 0.274 e. The number of amides is 2. The molecule has 7 nitrogen and oxygen atoms in total. The quantitative estimate of drug-likeness (QED) is 0.874. The second kappa shape index (κ2) is 7.26. The van der Waals surface area contributed by atoms with Crippen LogP contribution in [0, 0.1) is 0 Å². The summed E-state index contributed by atoms with van der Waals surface area (Å²) in [4.78, 5) is 36.2. The summed E-state index contributed by atoms with van der Waals surface area (Å²) in [7, 11) is 1.43. The van der Waals surface area contributed by atoms with Gasteiger partial charge in [0, 0.05) is 13.1 Å². The first-order valence-corrected chi connectivity index (χ1v) is 7.19. The molecule has 2 amide bonds. The Hall–Kier alpha value is -2.38. The zero-order valence-electron chi connectivity index (χ0n) is 12.0. The zero-order valence-corrected chi connectivity index (χ0v) is 13.5. The third-order valence-electron chi connectivity index (χ3n) is 2.85. The van der Waals surface area contributed by atoms with E-state index >= 15 is 0 Å². The summed E-state index contributed by atoms with van der Waals surface area (Å²) in [6, 6.07) is 7.28. The molecule has 1 aromatic heterocycles. The lowest BCUT2D eigenvalue weighted by atomic mass is 10.3. The van der Waals surface area contributed by atoms with Crippen molar-refractivity contribution in [2.24, 2.45) is 0 Å². The summed E-state index contributed by atoms with van der Waals surface area (Å²) < 4.78 is 0. The van der Waals surface area contributed by atoms with Crippen LogP contribution in [0.25, 0.3) is 0 Å². The van der Waals surface area contributed by atoms with Crippen molar-refractivity contribution in [1.29, 1.82) is 0 Å². The highest BCUT2D eigenvalue weighted by Gasteiger charge is 2.17. The smallest absolute Gasteiger partial charge is 0.274 e. The monoisotopic (exact) mass is 354 g/mol. The molecule has 0 aliphatic carbocycles. The fourth-order valence-electron chi connectivity index (χ4n) is 1.74. The van der Waals surface area contributed by atoms with Gasteiger partial charge in [0.2, 0.25) is 5.91 Å². The number of aromatic nitrogens is 2. The Kier molecular flexibility index (Phi) is 5.36. The van der Waals surface area contributed by atoms with Crippen LogP contribution in [0.15, 0.2) is 35.1 Å². The van der Waals surface area contributed by atoms with Gasteiger partial charge in [-0.15, -0.1) is 0 Å². The molecule has 0 saturated carbocycles. The molecule has 0 fully saturated rings. The lowest BCUT2D eigenvalue weighted by Gasteiger charge is -2.16. The number of nitrogens with one attached hydrogen (secondary N) is 2. The minimum absolute atomic E-state index is 0.0238. The van der Waals surface area contributed by atoms with E-state index in [1.807, 2.05) is 0 Å². The van der Waals surface area contributed by atoms with Crippen molar-refractivity contribution in [1.82, 2.24) is 15.1 Å². The van der Waals surface area contributed by atoms with Crippen LogP contribution in [-0.4, -0.2) is 40.5 Å². The van der Waals surface area contributed by atoms with Crippen LogP contribution < -0.4 is 10.9 Å². The Labute approximate surface area is 141 Å². The SMILES string of the molecule is CN(CC(=O)Nc1c(Cl)cccc1Cl)C(=O)c1ccc(=O)[nH]n1. The summed E-state index contributed by atoms with van der Waals surface area (Å²) >= 11 is 11.9. The van der Waals surface area contributed by atoms with E-state index in [0.29, 0.717) is 10.0 Å². The number of nitrogens with zero attached hydrogens (tertiary/aromatic N) is 2. The summed E-state index contributed by atoms with van der Waals surface area (Å²) in [6.45, 7) is -0.235. The number of rotatable bonds is 4. The maximum absolute atomic E-state index is 12.1. The van der Waals surface area contributed by atoms with Gasteiger partial charge in [-0.25, -0.2) is 5.10 Å². The highest BCUT2D eigenvalue weighted by atomic mass is 35.5. The number of anilines is 1. The number of carbonyl (C=O) groups is 2. The van der Waals surface area contributed by atoms with Crippen LogP contribution in [0.2, 0.25) is 10.0 Å². The molecule has 2 aromatic rings. The predicted octanol–water partition coefficient (Wildman–Crippen LogP) is 1.79. The average Bonchev–Trinajstić information content (AvgIpc) is 2.51. The lowest BCUT2D eigenvalue weighted by Crippen LogP contribution is -2.35. The van der Waals surface area contributed by atoms with Gasteiger partial charge in [0.1, 0.15) is 5.69 Å². The number of benzene rings is 1. The molecule has 0 aliphatic rings. The van der Waals surface area contributed by atoms with Gasteiger partial charge in [-0.1, -0.05) is 29.3 Å². The first-order chi connectivity index (χ1) is 10.9. The fraction of sp³-hybridized carbons (Fsp3) is 0.143. The number of aromatic amines is 1. The molecule has 9 heteroatoms. The average molecular weight is 355 g/mol. The molecule has 0 spiro atoms. The first kappa shape index (κ1) is 17.0. The standard InChI is InChI=1S/C14H12Cl2N4O3/c1-20(14(23)10-5-6-11(21)19-18-10)7-12(22)17-13-8(15)3-2-4-9(13)16/h2-6H,7H2,1H3,(H,17,22)(H,19,21). The number of halogens is 2. The van der Waals surface area contributed by atoms with Crippen molar-refractivity contribution in [3.8, 4) is 0 Å². The Balaban J connectivity index is 2.03. The minimum atomic E-state index is -0.512. The molecule has 0 atom stereocenters. The molecular weight excluding hydrogens is 343 g/mol. The Morgan fingerprint density at radius 3 is 2.43 bits per heavy atom. The number of hydrogen-bond donors (Lipinski definition) is 2. The van der Waals surface area contributed by atoms with Gasteiger partial charge in [0.15, 0.2) is 0 Å². The van der Waals surface area contributed by atoms with Crippen LogP contribution in [0.4, 0.5) is 5.69 Å². The molecule has 0 saturated heterocycles. The minimum Gasteiger partial charge on any atom is -0.331 e. The molecule has 0 unspecified atom stereocenters. The van der Waals surface area contributed by atoms with E-state index < -0.39 is 17.4 Å². The van der Waals surface area contributed by atoms with Gasteiger partial charge in [0.25, 0.3) is 11.5 Å². The van der Waals surface area contributed by atoms with Crippen molar-refractivity contribution >= 4 is 40.7 Å². The third-order valence-corrected chi connectivity index (χ3v) is 3.48. The van der Waals surface area contributed by atoms with Gasteiger partial charge < -0.3 is 10.2 Å². The largest absolute Gasteiger partial charge is 0.331 e. The van der Waals surface area contributed by atoms with E-state index in [1.54, 1.807) is 18.2 Å². The van der Waals surface area contributed by atoms with E-state index in [1.165, 1.54) is 19.2 Å². The maximum atomic E-state index is 12.1. The molecule has 0 bridgehead atoms. The molecule has 2 rings (SSSR count). The van der Waals surface area contributed by atoms with Gasteiger partial charge in [-0.3, -0.25) is 14.4 Å². The van der Waals surface area contributed by atoms with Crippen molar-refractivity contribution < 1.29 is 9.59 Å². The van der Waals surface area contributed by atoms with E-state index in [4.69, 9.17) is 23.2 Å². The Bertz CT molecular complexity index is 766. The van der Waals surface area contributed by atoms with E-state index in [2.05, 4.69) is 15.5 Å². The summed E-state index contributed by atoms with van der Waals surface area (Å²) in [5, 5.41) is 8.91. The molecule has 120 valence electrons. The molecule has 2 N–H and O–H groups in total. The van der Waals surface area contributed by atoms with Crippen molar-refractivity contribution in [2.75, 3.05) is 18.9 Å². The highest BCUT2D eigenvalue weighted by Crippen LogP contribution is 2.29. The van der Waals surface area contributed by atoms with Gasteiger partial charge >= 0.3 is 0 Å². The number of para-hydroxylation sites is 1. The summed E-state index contributed by atoms with van der Waals surface area (Å²) in [5.41, 5.74) is -0.116. The second-order valence-electron chi connectivity index (χ2n) is 4.61. The van der Waals surface area contributed by atoms with Gasteiger partial charge in [-0.05, 0) is 18.2 Å². The van der Waals surface area contributed by atoms with Crippen LogP contribution in [0.5, 0.6) is 0 Å². The topological polar surface area (TPSA) is 95.2 Å². The molecule has 23 heavy (non-hydrogen) atoms. The van der Waals surface area contributed by atoms with Gasteiger partial charge in [0.05, 0.1) is 22.3 Å². The van der Waals surface area contributed by atoms with Gasteiger partial charge in [-0.2, -0.15) is 5.10 Å². The highest BCUT2D eigenvalue weighted by molar-refractivity contribution is 6.39. The van der Waals surface area contributed by atoms with E-state index in [9.17, 15) is 14.4 Å². The summed E-state index contributed by atoms with van der Waals surface area (Å²) in [6.07, 6.45) is 0.